The maximum atomic E-state index is 2.42. The van der Waals surface area contributed by atoms with Crippen LogP contribution in [-0.4, -0.2) is 4.57 Å². The molecule has 0 amide bonds. The van der Waals surface area contributed by atoms with Crippen molar-refractivity contribution in [2.75, 3.05) is 0 Å². The summed E-state index contributed by atoms with van der Waals surface area (Å²) >= 11 is 0. The van der Waals surface area contributed by atoms with Crippen LogP contribution in [0.4, 0.5) is 0 Å². The van der Waals surface area contributed by atoms with Gasteiger partial charge in [-0.2, -0.15) is 0 Å². The highest BCUT2D eigenvalue weighted by molar-refractivity contribution is 5.72. The number of nitrogens with zero attached hydrogens (tertiary/aromatic N) is 2. The predicted molar refractivity (Wildman–Crippen MR) is 136 cm³/mol. The number of halogens is 1. The Kier molecular flexibility index (Phi) is 7.24. The third-order valence-corrected chi connectivity index (χ3v) is 7.44. The van der Waals surface area contributed by atoms with Crippen LogP contribution < -0.4 is 21.5 Å². The van der Waals surface area contributed by atoms with Crippen molar-refractivity contribution in [1.82, 2.24) is 4.57 Å². The molecule has 33 heavy (non-hydrogen) atoms. The van der Waals surface area contributed by atoms with Gasteiger partial charge in [-0.15, -0.1) is 0 Å². The zero-order valence-electron chi connectivity index (χ0n) is 21.4. The number of imidazole rings is 1. The fourth-order valence-electron chi connectivity index (χ4n) is 4.79. The number of benzene rings is 3. The second kappa shape index (κ2) is 9.46. The summed E-state index contributed by atoms with van der Waals surface area (Å²) in [6, 6.07) is 17.9. The van der Waals surface area contributed by atoms with Crippen LogP contribution in [0.3, 0.4) is 0 Å². The van der Waals surface area contributed by atoms with E-state index >= 15 is 0 Å². The van der Waals surface area contributed by atoms with Gasteiger partial charge in [-0.05, 0) is 96.7 Å². The number of hydrogen-bond donors (Lipinski definition) is 0. The Morgan fingerprint density at radius 2 is 1.27 bits per heavy atom. The lowest BCUT2D eigenvalue weighted by atomic mass is 9.87. The van der Waals surface area contributed by atoms with Crippen LogP contribution in [0, 0.1) is 34.6 Å². The molecule has 174 valence electrons. The molecule has 0 fully saturated rings. The zero-order valence-corrected chi connectivity index (χ0v) is 23.0. The third-order valence-electron chi connectivity index (χ3n) is 7.44. The fourth-order valence-corrected chi connectivity index (χ4v) is 4.79. The number of aromatic nitrogens is 2. The molecule has 1 heterocycles. The highest BCUT2D eigenvalue weighted by Gasteiger charge is 2.20. The van der Waals surface area contributed by atoms with Crippen LogP contribution in [0.2, 0.25) is 0 Å². The minimum absolute atomic E-state index is 0. The molecule has 0 radical (unpaired) electrons. The monoisotopic (exact) mass is 504 g/mol. The number of para-hydroxylation sites is 2. The molecule has 3 heteroatoms. The topological polar surface area (TPSA) is 8.81 Å². The summed E-state index contributed by atoms with van der Waals surface area (Å²) in [7, 11) is 0. The van der Waals surface area contributed by atoms with E-state index in [-0.39, 0.29) is 22.4 Å². The molecule has 0 unspecified atom stereocenters. The zero-order chi connectivity index (χ0) is 23.2. The minimum atomic E-state index is 0. The molecule has 2 nitrogen and oxygen atoms in total. The van der Waals surface area contributed by atoms with E-state index < -0.39 is 0 Å². The van der Waals surface area contributed by atoms with Crippen LogP contribution in [-0.2, 0) is 18.5 Å². The molecule has 0 spiro atoms. The normalized spacial score (nSPS) is 11.6. The first-order chi connectivity index (χ1) is 15.1. The maximum Gasteiger partial charge on any atom is 0.245 e. The summed E-state index contributed by atoms with van der Waals surface area (Å²) in [5.74, 6) is 0. The Morgan fingerprint density at radius 1 is 0.727 bits per heavy atom. The van der Waals surface area contributed by atoms with Crippen LogP contribution in [0.25, 0.3) is 11.0 Å². The summed E-state index contributed by atoms with van der Waals surface area (Å²) in [6.07, 6.45) is 2.30. The first kappa shape index (κ1) is 25.2. The molecular formula is C30H37BrN2. The van der Waals surface area contributed by atoms with Gasteiger partial charge in [0, 0.05) is 0 Å². The molecule has 0 N–H and O–H groups in total. The van der Waals surface area contributed by atoms with Gasteiger partial charge < -0.3 is 17.0 Å². The predicted octanol–water partition coefficient (Wildman–Crippen LogP) is 3.87. The first-order valence-corrected chi connectivity index (χ1v) is 11.7. The lowest BCUT2D eigenvalue weighted by Gasteiger charge is -2.18. The Morgan fingerprint density at radius 3 is 1.85 bits per heavy atom. The lowest BCUT2D eigenvalue weighted by Crippen LogP contribution is -3.00. The van der Waals surface area contributed by atoms with Crippen molar-refractivity contribution in [1.29, 1.82) is 0 Å². The Bertz CT molecular complexity index is 1260. The largest absolute Gasteiger partial charge is 1.00 e. The quantitative estimate of drug-likeness (QED) is 0.373. The highest BCUT2D eigenvalue weighted by Crippen LogP contribution is 2.28. The second-order valence-electron chi connectivity index (χ2n) is 10.4. The van der Waals surface area contributed by atoms with E-state index in [1.54, 1.807) is 0 Å². The number of hydrogen-bond acceptors (Lipinski definition) is 0. The van der Waals surface area contributed by atoms with Gasteiger partial charge in [0.2, 0.25) is 6.33 Å². The van der Waals surface area contributed by atoms with Crippen molar-refractivity contribution in [3.8, 4) is 0 Å². The van der Waals surface area contributed by atoms with Crippen LogP contribution >= 0.6 is 0 Å². The van der Waals surface area contributed by atoms with Gasteiger partial charge in [0.15, 0.2) is 11.0 Å². The van der Waals surface area contributed by atoms with Gasteiger partial charge in [0.25, 0.3) is 0 Å². The van der Waals surface area contributed by atoms with Crippen molar-refractivity contribution in [3.05, 3.63) is 99.4 Å². The minimum Gasteiger partial charge on any atom is -1.00 e. The van der Waals surface area contributed by atoms with E-state index in [4.69, 9.17) is 0 Å². The molecule has 0 bridgehead atoms. The second-order valence-corrected chi connectivity index (χ2v) is 10.4. The standard InChI is InChI=1S/C30H37N2.BrH/c1-20-21(2)23(4)27(24(5)22(20)3)18-32-19-31(28-11-9-10-12-29(28)32)17-25-13-15-26(16-14-25)30(6,7)8;/h9-16,19H,17-18H2,1-8H3;1H/q+1;/p-1. The molecule has 0 aliphatic rings. The SMILES string of the molecule is Cc1c(C)c(C)c(Cn2c[n+](Cc3ccc(C(C)(C)C)cc3)c3ccccc32)c(C)c1C.[Br-]. The van der Waals surface area contributed by atoms with Gasteiger partial charge >= 0.3 is 0 Å². The highest BCUT2D eigenvalue weighted by atomic mass is 79.9. The third kappa shape index (κ3) is 4.80. The lowest BCUT2D eigenvalue weighted by molar-refractivity contribution is -0.663. The molecule has 0 saturated carbocycles. The summed E-state index contributed by atoms with van der Waals surface area (Å²) in [6.45, 7) is 19.9. The smallest absolute Gasteiger partial charge is 0.245 e. The van der Waals surface area contributed by atoms with Gasteiger partial charge in [-0.25, -0.2) is 9.13 Å². The molecular weight excluding hydrogens is 468 g/mol. The Labute approximate surface area is 210 Å². The van der Waals surface area contributed by atoms with E-state index in [1.807, 2.05) is 0 Å². The molecule has 4 aromatic rings. The Hall–Kier alpha value is -2.39. The van der Waals surface area contributed by atoms with Crippen molar-refractivity contribution in [3.63, 3.8) is 0 Å². The van der Waals surface area contributed by atoms with Crippen molar-refractivity contribution < 1.29 is 21.5 Å². The molecule has 4 rings (SSSR count). The van der Waals surface area contributed by atoms with Crippen LogP contribution in [0.15, 0.2) is 54.9 Å². The van der Waals surface area contributed by atoms with Gasteiger partial charge in [0.1, 0.15) is 13.1 Å². The summed E-state index contributed by atoms with van der Waals surface area (Å²) in [5, 5.41) is 0. The number of rotatable bonds is 4. The van der Waals surface area contributed by atoms with E-state index in [0.717, 1.165) is 13.1 Å². The van der Waals surface area contributed by atoms with Gasteiger partial charge in [0.05, 0.1) is 0 Å². The average molecular weight is 506 g/mol. The molecule has 0 aliphatic carbocycles. The van der Waals surface area contributed by atoms with Crippen molar-refractivity contribution in [2.24, 2.45) is 0 Å². The molecule has 0 saturated heterocycles. The molecule has 3 aromatic carbocycles. The molecule has 1 aromatic heterocycles. The van der Waals surface area contributed by atoms with E-state index in [1.165, 1.54) is 55.5 Å². The van der Waals surface area contributed by atoms with Crippen molar-refractivity contribution in [2.45, 2.75) is 73.9 Å². The summed E-state index contributed by atoms with van der Waals surface area (Å²) in [5.41, 5.74) is 14.0. The first-order valence-electron chi connectivity index (χ1n) is 11.7. The van der Waals surface area contributed by atoms with Gasteiger partial charge in [-0.3, -0.25) is 0 Å². The van der Waals surface area contributed by atoms with E-state index in [2.05, 4.69) is 119 Å². The summed E-state index contributed by atoms with van der Waals surface area (Å²) < 4.78 is 4.81. The molecule has 0 aliphatic heterocycles. The van der Waals surface area contributed by atoms with E-state index in [0.29, 0.717) is 0 Å². The van der Waals surface area contributed by atoms with Crippen LogP contribution in [0.1, 0.15) is 65.3 Å². The van der Waals surface area contributed by atoms with Crippen molar-refractivity contribution >= 4 is 11.0 Å². The summed E-state index contributed by atoms with van der Waals surface area (Å²) in [4.78, 5) is 0. The van der Waals surface area contributed by atoms with E-state index in [9.17, 15) is 0 Å². The Balaban J connectivity index is 0.00000306. The fraction of sp³-hybridized carbons (Fsp3) is 0.367. The maximum absolute atomic E-state index is 2.42. The average Bonchev–Trinajstić information content (AvgIpc) is 3.11. The number of fused-ring (bicyclic) bond motifs is 1. The van der Waals surface area contributed by atoms with Crippen LogP contribution in [0.5, 0.6) is 0 Å². The van der Waals surface area contributed by atoms with Gasteiger partial charge in [-0.1, -0.05) is 57.2 Å². The molecule has 0 atom stereocenters.